The van der Waals surface area contributed by atoms with Crippen LogP contribution in [0.25, 0.3) is 5.13 Å². The van der Waals surface area contributed by atoms with Gasteiger partial charge in [0.15, 0.2) is 11.5 Å². The Morgan fingerprint density at radius 1 is 1.53 bits per heavy atom. The first-order valence-electron chi connectivity index (χ1n) is 3.98. The van der Waals surface area contributed by atoms with Crippen LogP contribution in [0.15, 0.2) is 16.6 Å². The summed E-state index contributed by atoms with van der Waals surface area (Å²) in [5.74, 6) is 0.273. The molecular weight excluding hydrogens is 234 g/mol. The molecule has 1 atom stereocenters. The summed E-state index contributed by atoms with van der Waals surface area (Å²) >= 11 is 0.127. The molecule has 15 heavy (non-hydrogen) atoms. The Morgan fingerprint density at radius 3 is 2.73 bits per heavy atom. The predicted molar refractivity (Wildman–Crippen MR) is 60.4 cm³/mol. The van der Waals surface area contributed by atoms with Crippen molar-refractivity contribution in [2.24, 2.45) is 0 Å². The number of aromatic nitrogens is 3. The fourth-order valence-electron chi connectivity index (χ4n) is 1.10. The summed E-state index contributed by atoms with van der Waals surface area (Å²) in [7, 11) is 0. The maximum absolute atomic E-state index is 11.3. The number of thiazole rings is 1. The summed E-state index contributed by atoms with van der Waals surface area (Å²) in [5, 5.41) is 6.77. The van der Waals surface area contributed by atoms with Crippen LogP contribution in [0.5, 0.6) is 0 Å². The van der Waals surface area contributed by atoms with Crippen molar-refractivity contribution in [2.75, 3.05) is 17.7 Å². The third-order valence-corrected chi connectivity index (χ3v) is 3.39. The fraction of sp³-hybridized carbons (Fsp3) is 0.143. The standard InChI is InChI=1S/C7H9N5OS2/c1-15(13)6-4(8)5(9)12(11-6)7-10-2-3-14-7/h2-3H,8-9H2,1H3. The van der Waals surface area contributed by atoms with Crippen LogP contribution in [0.3, 0.4) is 0 Å². The smallest absolute Gasteiger partial charge is 0.288 e. The van der Waals surface area contributed by atoms with Gasteiger partial charge in [0.05, 0.1) is 0 Å². The molecular formula is C7H9N5OS2. The van der Waals surface area contributed by atoms with Gasteiger partial charge < -0.3 is 16.0 Å². The van der Waals surface area contributed by atoms with E-state index in [0.29, 0.717) is 10.2 Å². The van der Waals surface area contributed by atoms with Crippen molar-refractivity contribution in [3.8, 4) is 5.13 Å². The molecule has 0 saturated heterocycles. The molecule has 0 saturated carbocycles. The van der Waals surface area contributed by atoms with Gasteiger partial charge in [-0.25, -0.2) is 4.98 Å². The molecule has 2 aromatic heterocycles. The van der Waals surface area contributed by atoms with Gasteiger partial charge in [0.25, 0.3) is 5.03 Å². The second-order valence-corrected chi connectivity index (χ2v) is 4.95. The molecule has 0 fully saturated rings. The van der Waals surface area contributed by atoms with Crippen molar-refractivity contribution in [1.82, 2.24) is 14.8 Å². The molecule has 0 bridgehead atoms. The molecule has 80 valence electrons. The van der Waals surface area contributed by atoms with Crippen molar-refractivity contribution in [2.45, 2.75) is 5.03 Å². The first-order valence-corrected chi connectivity index (χ1v) is 6.42. The molecule has 6 nitrogen and oxygen atoms in total. The monoisotopic (exact) mass is 243 g/mol. The van der Waals surface area contributed by atoms with Crippen molar-refractivity contribution in [3.05, 3.63) is 11.6 Å². The van der Waals surface area contributed by atoms with Crippen LogP contribution in [0.4, 0.5) is 11.5 Å². The number of anilines is 2. The zero-order valence-electron chi connectivity index (χ0n) is 7.88. The van der Waals surface area contributed by atoms with Gasteiger partial charge in [-0.2, -0.15) is 4.68 Å². The van der Waals surface area contributed by atoms with Crippen LogP contribution in [-0.4, -0.2) is 25.6 Å². The average molecular weight is 243 g/mol. The first kappa shape index (κ1) is 10.3. The van der Waals surface area contributed by atoms with Crippen molar-refractivity contribution < 1.29 is 4.55 Å². The Balaban J connectivity index is 2.55. The van der Waals surface area contributed by atoms with E-state index in [1.807, 2.05) is 0 Å². The minimum atomic E-state index is -1.25. The Morgan fingerprint density at radius 2 is 2.27 bits per heavy atom. The molecule has 2 aromatic rings. The summed E-state index contributed by atoms with van der Waals surface area (Å²) in [4.78, 5) is 4.05. The lowest BCUT2D eigenvalue weighted by Crippen LogP contribution is -2.02. The maximum Gasteiger partial charge on any atom is 0.288 e. The maximum atomic E-state index is 11.3. The number of nitrogens with zero attached hydrogens (tertiary/aromatic N) is 3. The highest BCUT2D eigenvalue weighted by atomic mass is 32.2. The fourth-order valence-corrected chi connectivity index (χ4v) is 2.32. The second-order valence-electron chi connectivity index (χ2n) is 2.78. The van der Waals surface area contributed by atoms with E-state index >= 15 is 0 Å². The van der Waals surface area contributed by atoms with Crippen molar-refractivity contribution in [3.63, 3.8) is 0 Å². The van der Waals surface area contributed by atoms with Crippen molar-refractivity contribution >= 4 is 34.0 Å². The molecule has 2 rings (SSSR count). The Labute approximate surface area is 93.1 Å². The summed E-state index contributed by atoms with van der Waals surface area (Å²) in [6, 6.07) is 0. The van der Waals surface area contributed by atoms with Crippen LogP contribution in [0.2, 0.25) is 0 Å². The highest BCUT2D eigenvalue weighted by molar-refractivity contribution is 7.90. The van der Waals surface area contributed by atoms with Crippen LogP contribution in [0, 0.1) is 0 Å². The van der Waals surface area contributed by atoms with E-state index in [1.54, 1.807) is 11.6 Å². The van der Waals surface area contributed by atoms with Gasteiger partial charge in [0, 0.05) is 22.8 Å². The molecule has 2 heterocycles. The van der Waals surface area contributed by atoms with E-state index in [-0.39, 0.29) is 11.5 Å². The van der Waals surface area contributed by atoms with Crippen molar-refractivity contribution in [1.29, 1.82) is 0 Å². The molecule has 8 heteroatoms. The van der Waals surface area contributed by atoms with Gasteiger partial charge >= 0.3 is 0 Å². The second kappa shape index (κ2) is 3.72. The molecule has 0 spiro atoms. The lowest BCUT2D eigenvalue weighted by molar-refractivity contribution is 0.595. The largest absolute Gasteiger partial charge is 0.610 e. The molecule has 4 N–H and O–H groups in total. The van der Waals surface area contributed by atoms with E-state index in [9.17, 15) is 4.55 Å². The number of hydrogen-bond acceptors (Lipinski definition) is 6. The predicted octanol–water partition coefficient (Wildman–Crippen LogP) is 0.231. The topological polar surface area (TPSA) is 106 Å². The summed E-state index contributed by atoms with van der Waals surface area (Å²) in [6.45, 7) is 0. The number of nitrogens with two attached hydrogens (primary N) is 2. The van der Waals surface area contributed by atoms with Gasteiger partial charge in [-0.05, 0) is 0 Å². The number of nitrogen functional groups attached to an aromatic ring is 2. The molecule has 0 amide bonds. The highest BCUT2D eigenvalue weighted by Gasteiger charge is 2.21. The molecule has 1 unspecified atom stereocenters. The summed E-state index contributed by atoms with van der Waals surface area (Å²) in [6.07, 6.45) is 3.14. The number of rotatable bonds is 2. The lowest BCUT2D eigenvalue weighted by Gasteiger charge is -1.98. The van der Waals surface area contributed by atoms with Crippen LogP contribution >= 0.6 is 11.3 Å². The third kappa shape index (κ3) is 1.66. The SMILES string of the molecule is C[S+]([O-])c1nn(-c2nccs2)c(N)c1N. The lowest BCUT2D eigenvalue weighted by atomic mass is 10.5. The summed E-state index contributed by atoms with van der Waals surface area (Å²) in [5.41, 5.74) is 11.7. The van der Waals surface area contributed by atoms with Crippen LogP contribution in [0.1, 0.15) is 0 Å². The van der Waals surface area contributed by atoms with E-state index in [2.05, 4.69) is 10.1 Å². The van der Waals surface area contributed by atoms with Crippen LogP contribution in [-0.2, 0) is 11.2 Å². The minimum absolute atomic E-state index is 0.256. The van der Waals surface area contributed by atoms with E-state index in [4.69, 9.17) is 11.5 Å². The van der Waals surface area contributed by atoms with Gasteiger partial charge in [0.1, 0.15) is 6.26 Å². The van der Waals surface area contributed by atoms with Gasteiger partial charge in [-0.15, -0.1) is 16.4 Å². The van der Waals surface area contributed by atoms with Gasteiger partial charge in [0.2, 0.25) is 5.13 Å². The zero-order valence-corrected chi connectivity index (χ0v) is 9.51. The molecule has 0 aliphatic rings. The zero-order chi connectivity index (χ0) is 11.0. The Bertz CT molecular complexity index is 464. The quantitative estimate of drug-likeness (QED) is 0.734. The molecule has 0 aliphatic carbocycles. The Kier molecular flexibility index (Phi) is 2.55. The van der Waals surface area contributed by atoms with Gasteiger partial charge in [-0.3, -0.25) is 0 Å². The third-order valence-electron chi connectivity index (χ3n) is 1.80. The number of hydrogen-bond donors (Lipinski definition) is 2. The minimum Gasteiger partial charge on any atom is -0.610 e. The summed E-state index contributed by atoms with van der Waals surface area (Å²) < 4.78 is 12.7. The molecule has 0 aliphatic heterocycles. The Hall–Kier alpha value is -1.25. The van der Waals surface area contributed by atoms with E-state index in [0.717, 1.165) is 0 Å². The molecule has 0 radical (unpaired) electrons. The normalized spacial score (nSPS) is 12.9. The van der Waals surface area contributed by atoms with E-state index < -0.39 is 11.2 Å². The molecule has 0 aromatic carbocycles. The first-order chi connectivity index (χ1) is 7.11. The van der Waals surface area contributed by atoms with Gasteiger partial charge in [-0.1, -0.05) is 0 Å². The van der Waals surface area contributed by atoms with Crippen LogP contribution < -0.4 is 11.5 Å². The highest BCUT2D eigenvalue weighted by Crippen LogP contribution is 2.27. The average Bonchev–Trinajstić information content (AvgIpc) is 2.77. The van der Waals surface area contributed by atoms with E-state index in [1.165, 1.54) is 22.3 Å².